The highest BCUT2D eigenvalue weighted by molar-refractivity contribution is 5.96. The number of amides is 1. The smallest absolute Gasteiger partial charge is 0.289 e. The fourth-order valence-electron chi connectivity index (χ4n) is 2.92. The number of likely N-dealkylation sites (tertiary alicyclic amines) is 1. The summed E-state index contributed by atoms with van der Waals surface area (Å²) in [5.41, 5.74) is 0.788. The van der Waals surface area contributed by atoms with Crippen LogP contribution >= 0.6 is 0 Å². The number of rotatable bonds is 2. The molecule has 2 heterocycles. The zero-order chi connectivity index (χ0) is 13.2. The summed E-state index contributed by atoms with van der Waals surface area (Å²) in [6, 6.07) is 9.99. The van der Waals surface area contributed by atoms with Crippen LogP contribution in [0.1, 0.15) is 43.2 Å². The maximum Gasteiger partial charge on any atom is 0.289 e. The highest BCUT2D eigenvalue weighted by Crippen LogP contribution is 2.25. The minimum absolute atomic E-state index is 0.0442. The van der Waals surface area contributed by atoms with Crippen LogP contribution in [0, 0.1) is 0 Å². The van der Waals surface area contributed by atoms with Crippen LogP contribution < -0.4 is 0 Å². The number of para-hydroxylation sites is 1. The summed E-state index contributed by atoms with van der Waals surface area (Å²) in [4.78, 5) is 14.6. The second kappa shape index (κ2) is 5.08. The van der Waals surface area contributed by atoms with Crippen molar-refractivity contribution in [3.05, 3.63) is 36.1 Å². The van der Waals surface area contributed by atoms with E-state index in [1.54, 1.807) is 0 Å². The number of carbonyl (C=O) groups is 1. The Morgan fingerprint density at radius 2 is 2.21 bits per heavy atom. The number of piperidine rings is 1. The zero-order valence-electron chi connectivity index (χ0n) is 11.3. The monoisotopic (exact) mass is 257 g/mol. The van der Waals surface area contributed by atoms with E-state index in [0.717, 1.165) is 36.8 Å². The Labute approximate surface area is 113 Å². The third-order valence-corrected chi connectivity index (χ3v) is 4.00. The molecule has 2 aromatic rings. The molecule has 1 saturated heterocycles. The predicted molar refractivity (Wildman–Crippen MR) is 75.2 cm³/mol. The Morgan fingerprint density at radius 1 is 1.37 bits per heavy atom. The minimum Gasteiger partial charge on any atom is -0.451 e. The Hall–Kier alpha value is -1.77. The molecular formula is C16H19NO2. The van der Waals surface area contributed by atoms with Gasteiger partial charge in [-0.2, -0.15) is 0 Å². The number of furan rings is 1. The van der Waals surface area contributed by atoms with Crippen LogP contribution in [-0.4, -0.2) is 23.4 Å². The second-order valence-electron chi connectivity index (χ2n) is 5.20. The lowest BCUT2D eigenvalue weighted by Crippen LogP contribution is -2.43. The van der Waals surface area contributed by atoms with E-state index in [0.29, 0.717) is 11.8 Å². The number of hydrogen-bond donors (Lipinski definition) is 0. The van der Waals surface area contributed by atoms with E-state index >= 15 is 0 Å². The average molecular weight is 257 g/mol. The SMILES string of the molecule is CCC1CCCCN1C(=O)c1cc2ccccc2o1. The fraction of sp³-hybridized carbons (Fsp3) is 0.438. The maximum atomic E-state index is 12.6. The van der Waals surface area contributed by atoms with E-state index in [9.17, 15) is 4.79 Å². The Bertz CT molecular complexity index is 554. The molecule has 1 atom stereocenters. The topological polar surface area (TPSA) is 33.5 Å². The van der Waals surface area contributed by atoms with Crippen molar-refractivity contribution in [2.75, 3.05) is 6.54 Å². The number of nitrogens with zero attached hydrogens (tertiary/aromatic N) is 1. The van der Waals surface area contributed by atoms with E-state index in [1.807, 2.05) is 35.2 Å². The summed E-state index contributed by atoms with van der Waals surface area (Å²) in [5, 5.41) is 0.996. The van der Waals surface area contributed by atoms with Crippen LogP contribution in [0.25, 0.3) is 11.0 Å². The molecule has 1 amide bonds. The summed E-state index contributed by atoms with van der Waals surface area (Å²) < 4.78 is 5.68. The van der Waals surface area contributed by atoms with Gasteiger partial charge in [0.25, 0.3) is 5.91 Å². The first-order valence-electron chi connectivity index (χ1n) is 7.09. The lowest BCUT2D eigenvalue weighted by atomic mass is 10.00. The van der Waals surface area contributed by atoms with E-state index in [1.165, 1.54) is 6.42 Å². The molecule has 100 valence electrons. The molecular weight excluding hydrogens is 238 g/mol. The van der Waals surface area contributed by atoms with Gasteiger partial charge in [-0.1, -0.05) is 25.1 Å². The van der Waals surface area contributed by atoms with Crippen molar-refractivity contribution in [3.63, 3.8) is 0 Å². The molecule has 1 fully saturated rings. The molecule has 1 unspecified atom stereocenters. The van der Waals surface area contributed by atoms with Crippen molar-refractivity contribution >= 4 is 16.9 Å². The summed E-state index contributed by atoms with van der Waals surface area (Å²) in [7, 11) is 0. The first kappa shape index (κ1) is 12.3. The standard InChI is InChI=1S/C16H19NO2/c1-2-13-8-5-6-10-17(13)16(18)15-11-12-7-3-4-9-14(12)19-15/h3-4,7,9,11,13H,2,5-6,8,10H2,1H3. The summed E-state index contributed by atoms with van der Waals surface area (Å²) in [5.74, 6) is 0.518. The van der Waals surface area contributed by atoms with Crippen molar-refractivity contribution in [2.45, 2.75) is 38.6 Å². The predicted octanol–water partition coefficient (Wildman–Crippen LogP) is 3.84. The van der Waals surface area contributed by atoms with Crippen LogP contribution in [0.4, 0.5) is 0 Å². The molecule has 3 heteroatoms. The maximum absolute atomic E-state index is 12.6. The molecule has 0 spiro atoms. The van der Waals surface area contributed by atoms with Crippen molar-refractivity contribution in [1.29, 1.82) is 0 Å². The van der Waals surface area contributed by atoms with E-state index in [4.69, 9.17) is 4.42 Å². The molecule has 19 heavy (non-hydrogen) atoms. The molecule has 3 rings (SSSR count). The van der Waals surface area contributed by atoms with E-state index < -0.39 is 0 Å². The summed E-state index contributed by atoms with van der Waals surface area (Å²) in [6.07, 6.45) is 4.46. The first-order valence-corrected chi connectivity index (χ1v) is 7.09. The lowest BCUT2D eigenvalue weighted by molar-refractivity contribution is 0.0578. The van der Waals surface area contributed by atoms with Crippen LogP contribution in [0.5, 0.6) is 0 Å². The third-order valence-electron chi connectivity index (χ3n) is 4.00. The van der Waals surface area contributed by atoms with Gasteiger partial charge in [0, 0.05) is 18.0 Å². The Morgan fingerprint density at radius 3 is 3.00 bits per heavy atom. The molecule has 1 aromatic heterocycles. The number of carbonyl (C=O) groups excluding carboxylic acids is 1. The highest BCUT2D eigenvalue weighted by Gasteiger charge is 2.28. The fourth-order valence-corrected chi connectivity index (χ4v) is 2.92. The van der Waals surface area contributed by atoms with Gasteiger partial charge < -0.3 is 9.32 Å². The van der Waals surface area contributed by atoms with Gasteiger partial charge in [0.2, 0.25) is 0 Å². The summed E-state index contributed by atoms with van der Waals surface area (Å²) in [6.45, 7) is 3.00. The average Bonchev–Trinajstić information content (AvgIpc) is 2.90. The van der Waals surface area contributed by atoms with Gasteiger partial charge in [-0.15, -0.1) is 0 Å². The van der Waals surface area contributed by atoms with Gasteiger partial charge in [-0.05, 0) is 37.8 Å². The van der Waals surface area contributed by atoms with E-state index in [-0.39, 0.29) is 5.91 Å². The van der Waals surface area contributed by atoms with Crippen molar-refractivity contribution < 1.29 is 9.21 Å². The molecule has 0 N–H and O–H groups in total. The van der Waals surface area contributed by atoms with Crippen LogP contribution in [-0.2, 0) is 0 Å². The first-order chi connectivity index (χ1) is 9.29. The van der Waals surface area contributed by atoms with Gasteiger partial charge in [-0.3, -0.25) is 4.79 Å². The van der Waals surface area contributed by atoms with Crippen molar-refractivity contribution in [3.8, 4) is 0 Å². The highest BCUT2D eigenvalue weighted by atomic mass is 16.3. The molecule has 3 nitrogen and oxygen atoms in total. The van der Waals surface area contributed by atoms with E-state index in [2.05, 4.69) is 6.92 Å². The third kappa shape index (κ3) is 2.25. The van der Waals surface area contributed by atoms with Crippen LogP contribution in [0.2, 0.25) is 0 Å². The van der Waals surface area contributed by atoms with Crippen molar-refractivity contribution in [1.82, 2.24) is 4.90 Å². The second-order valence-corrected chi connectivity index (χ2v) is 5.20. The lowest BCUT2D eigenvalue weighted by Gasteiger charge is -2.34. The number of hydrogen-bond acceptors (Lipinski definition) is 2. The molecule has 0 aliphatic carbocycles. The Balaban J connectivity index is 1.89. The molecule has 1 aromatic carbocycles. The molecule has 0 bridgehead atoms. The quantitative estimate of drug-likeness (QED) is 0.819. The molecule has 1 aliphatic heterocycles. The van der Waals surface area contributed by atoms with Gasteiger partial charge in [-0.25, -0.2) is 0 Å². The van der Waals surface area contributed by atoms with Gasteiger partial charge in [0.1, 0.15) is 5.58 Å². The van der Waals surface area contributed by atoms with Gasteiger partial charge >= 0.3 is 0 Å². The van der Waals surface area contributed by atoms with Crippen LogP contribution in [0.15, 0.2) is 34.7 Å². The summed E-state index contributed by atoms with van der Waals surface area (Å²) >= 11 is 0. The normalized spacial score (nSPS) is 19.8. The molecule has 1 aliphatic rings. The minimum atomic E-state index is 0.0442. The molecule has 0 saturated carbocycles. The number of benzene rings is 1. The van der Waals surface area contributed by atoms with Gasteiger partial charge in [0.15, 0.2) is 5.76 Å². The Kier molecular flexibility index (Phi) is 3.28. The van der Waals surface area contributed by atoms with Crippen molar-refractivity contribution in [2.24, 2.45) is 0 Å². The molecule has 0 radical (unpaired) electrons. The largest absolute Gasteiger partial charge is 0.451 e. The zero-order valence-corrected chi connectivity index (χ0v) is 11.3. The van der Waals surface area contributed by atoms with Crippen LogP contribution in [0.3, 0.4) is 0 Å². The van der Waals surface area contributed by atoms with Gasteiger partial charge in [0.05, 0.1) is 0 Å². The number of fused-ring (bicyclic) bond motifs is 1.